The van der Waals surface area contributed by atoms with Crippen LogP contribution in [0.4, 0.5) is 0 Å². The summed E-state index contributed by atoms with van der Waals surface area (Å²) in [6.07, 6.45) is 2.53. The average molecular weight is 272 g/mol. The van der Waals surface area contributed by atoms with E-state index in [4.69, 9.17) is 9.84 Å². The molecule has 4 nitrogen and oxygen atoms in total. The van der Waals surface area contributed by atoms with Crippen LogP contribution in [-0.4, -0.2) is 23.2 Å². The second kappa shape index (κ2) is 8.30. The van der Waals surface area contributed by atoms with E-state index in [9.17, 15) is 0 Å². The number of hydrogen-bond donors (Lipinski definition) is 2. The smallest absolute Gasteiger partial charge is 0.130 e. The highest BCUT2D eigenvalue weighted by atomic mass is 16.5. The summed E-state index contributed by atoms with van der Waals surface area (Å²) in [5.74, 6) is 0.870. The van der Waals surface area contributed by atoms with Crippen LogP contribution in [0.1, 0.15) is 17.7 Å². The van der Waals surface area contributed by atoms with Gasteiger partial charge in [0, 0.05) is 24.9 Å². The second-order valence-corrected chi connectivity index (χ2v) is 4.47. The van der Waals surface area contributed by atoms with Crippen LogP contribution in [0.3, 0.4) is 0 Å². The number of rotatable bonds is 8. The molecule has 20 heavy (non-hydrogen) atoms. The van der Waals surface area contributed by atoms with E-state index < -0.39 is 0 Å². The Morgan fingerprint density at radius 3 is 2.75 bits per heavy atom. The molecule has 0 amide bonds. The zero-order chi connectivity index (χ0) is 14.0. The number of nitrogens with zero attached hydrogens (tertiary/aromatic N) is 1. The van der Waals surface area contributed by atoms with E-state index in [1.54, 1.807) is 6.20 Å². The first-order chi connectivity index (χ1) is 9.90. The van der Waals surface area contributed by atoms with Crippen LogP contribution in [0.5, 0.6) is 5.75 Å². The number of aliphatic hydroxyl groups is 1. The van der Waals surface area contributed by atoms with Crippen molar-refractivity contribution in [3.05, 3.63) is 59.9 Å². The largest absolute Gasteiger partial charge is 0.487 e. The summed E-state index contributed by atoms with van der Waals surface area (Å²) in [6, 6.07) is 13.8. The lowest BCUT2D eigenvalue weighted by Gasteiger charge is -2.11. The maximum Gasteiger partial charge on any atom is 0.130 e. The van der Waals surface area contributed by atoms with Gasteiger partial charge in [0.05, 0.1) is 5.69 Å². The van der Waals surface area contributed by atoms with Gasteiger partial charge in [-0.15, -0.1) is 0 Å². The Hall–Kier alpha value is -1.91. The summed E-state index contributed by atoms with van der Waals surface area (Å²) in [5, 5.41) is 12.0. The molecule has 1 heterocycles. The first kappa shape index (κ1) is 14.5. The average Bonchev–Trinajstić information content (AvgIpc) is 2.51. The van der Waals surface area contributed by atoms with Gasteiger partial charge in [0.1, 0.15) is 12.4 Å². The van der Waals surface area contributed by atoms with Crippen molar-refractivity contribution in [1.82, 2.24) is 10.3 Å². The molecule has 0 atom stereocenters. The number of hydrogen-bond acceptors (Lipinski definition) is 4. The molecule has 0 unspecified atom stereocenters. The first-order valence-corrected chi connectivity index (χ1v) is 6.82. The zero-order valence-corrected chi connectivity index (χ0v) is 11.5. The Morgan fingerprint density at radius 1 is 1.10 bits per heavy atom. The Bertz CT molecular complexity index is 503. The monoisotopic (exact) mass is 272 g/mol. The highest BCUT2D eigenvalue weighted by Crippen LogP contribution is 2.18. The van der Waals surface area contributed by atoms with E-state index in [-0.39, 0.29) is 6.61 Å². The van der Waals surface area contributed by atoms with Crippen molar-refractivity contribution < 1.29 is 9.84 Å². The Kier molecular flexibility index (Phi) is 6.02. The number of nitrogens with one attached hydrogen (secondary N) is 1. The lowest BCUT2D eigenvalue weighted by atomic mass is 10.2. The lowest BCUT2D eigenvalue weighted by molar-refractivity contribution is 0.284. The van der Waals surface area contributed by atoms with Gasteiger partial charge in [0.25, 0.3) is 0 Å². The fraction of sp³-hybridized carbons (Fsp3) is 0.312. The second-order valence-electron chi connectivity index (χ2n) is 4.47. The molecule has 0 bridgehead atoms. The zero-order valence-electron chi connectivity index (χ0n) is 11.5. The maximum absolute atomic E-state index is 8.76. The van der Waals surface area contributed by atoms with Gasteiger partial charge in [-0.05, 0) is 31.2 Å². The van der Waals surface area contributed by atoms with E-state index in [1.807, 2.05) is 42.5 Å². The minimum Gasteiger partial charge on any atom is -0.487 e. The van der Waals surface area contributed by atoms with Gasteiger partial charge >= 0.3 is 0 Å². The van der Waals surface area contributed by atoms with Crippen LogP contribution in [0.25, 0.3) is 0 Å². The van der Waals surface area contributed by atoms with Crippen molar-refractivity contribution >= 4 is 0 Å². The van der Waals surface area contributed by atoms with Crippen molar-refractivity contribution in [3.63, 3.8) is 0 Å². The third-order valence-corrected chi connectivity index (χ3v) is 2.90. The molecule has 106 valence electrons. The number of aromatic nitrogens is 1. The molecule has 0 fully saturated rings. The van der Waals surface area contributed by atoms with Gasteiger partial charge in [-0.25, -0.2) is 0 Å². The number of pyridine rings is 1. The summed E-state index contributed by atoms with van der Waals surface area (Å²) < 4.78 is 5.83. The fourth-order valence-corrected chi connectivity index (χ4v) is 1.85. The molecule has 1 aromatic heterocycles. The van der Waals surface area contributed by atoms with Crippen molar-refractivity contribution in [2.75, 3.05) is 13.2 Å². The van der Waals surface area contributed by atoms with Crippen molar-refractivity contribution in [2.24, 2.45) is 0 Å². The standard InChI is InChI=1S/C16H20N2O2/c19-11-5-9-17-12-14-6-1-2-8-16(14)20-13-15-7-3-4-10-18-15/h1-4,6-8,10,17,19H,5,9,11-13H2. The molecule has 1 aromatic carbocycles. The molecule has 2 rings (SSSR count). The molecular formula is C16H20N2O2. The molecule has 0 saturated heterocycles. The quantitative estimate of drug-likeness (QED) is 0.723. The van der Waals surface area contributed by atoms with Crippen LogP contribution in [0, 0.1) is 0 Å². The normalized spacial score (nSPS) is 10.4. The van der Waals surface area contributed by atoms with Crippen LogP contribution in [0.15, 0.2) is 48.7 Å². The SMILES string of the molecule is OCCCNCc1ccccc1OCc1ccccn1. The van der Waals surface area contributed by atoms with Crippen LogP contribution in [0.2, 0.25) is 0 Å². The molecule has 2 aromatic rings. The Labute approximate surface area is 119 Å². The highest BCUT2D eigenvalue weighted by molar-refractivity contribution is 5.33. The third-order valence-electron chi connectivity index (χ3n) is 2.90. The molecule has 0 aliphatic heterocycles. The fourth-order valence-electron chi connectivity index (χ4n) is 1.85. The van der Waals surface area contributed by atoms with E-state index in [0.717, 1.165) is 36.5 Å². The Morgan fingerprint density at radius 2 is 1.95 bits per heavy atom. The molecule has 0 aliphatic rings. The van der Waals surface area contributed by atoms with Crippen molar-refractivity contribution in [2.45, 2.75) is 19.6 Å². The topological polar surface area (TPSA) is 54.4 Å². The highest BCUT2D eigenvalue weighted by Gasteiger charge is 2.03. The third kappa shape index (κ3) is 4.64. The minimum atomic E-state index is 0.213. The van der Waals surface area contributed by atoms with E-state index in [2.05, 4.69) is 10.3 Å². The summed E-state index contributed by atoms with van der Waals surface area (Å²) in [5.41, 5.74) is 2.02. The number of aliphatic hydroxyl groups excluding tert-OH is 1. The molecular weight excluding hydrogens is 252 g/mol. The summed E-state index contributed by atoms with van der Waals surface area (Å²) in [6.45, 7) is 2.21. The molecule has 0 radical (unpaired) electrons. The van der Waals surface area contributed by atoms with Gasteiger partial charge < -0.3 is 15.2 Å². The number of para-hydroxylation sites is 1. The molecule has 0 spiro atoms. The van der Waals surface area contributed by atoms with E-state index in [0.29, 0.717) is 6.61 Å². The van der Waals surface area contributed by atoms with Crippen LogP contribution < -0.4 is 10.1 Å². The van der Waals surface area contributed by atoms with Gasteiger partial charge in [-0.1, -0.05) is 24.3 Å². The lowest BCUT2D eigenvalue weighted by Crippen LogP contribution is -2.16. The van der Waals surface area contributed by atoms with Gasteiger partial charge in [-0.2, -0.15) is 0 Å². The van der Waals surface area contributed by atoms with Crippen LogP contribution in [-0.2, 0) is 13.2 Å². The summed E-state index contributed by atoms with van der Waals surface area (Å²) in [7, 11) is 0. The molecule has 0 saturated carbocycles. The molecule has 4 heteroatoms. The van der Waals surface area contributed by atoms with Crippen molar-refractivity contribution in [3.8, 4) is 5.75 Å². The predicted octanol–water partition coefficient (Wildman–Crippen LogP) is 2.13. The van der Waals surface area contributed by atoms with Gasteiger partial charge in [0.2, 0.25) is 0 Å². The molecule has 2 N–H and O–H groups in total. The Balaban J connectivity index is 1.90. The first-order valence-electron chi connectivity index (χ1n) is 6.82. The van der Waals surface area contributed by atoms with Crippen LogP contribution >= 0.6 is 0 Å². The van der Waals surface area contributed by atoms with Gasteiger partial charge in [-0.3, -0.25) is 4.98 Å². The van der Waals surface area contributed by atoms with Crippen molar-refractivity contribution in [1.29, 1.82) is 0 Å². The maximum atomic E-state index is 8.76. The predicted molar refractivity (Wildman–Crippen MR) is 78.4 cm³/mol. The summed E-state index contributed by atoms with van der Waals surface area (Å²) >= 11 is 0. The van der Waals surface area contributed by atoms with Gasteiger partial charge in [0.15, 0.2) is 0 Å². The molecule has 0 aliphatic carbocycles. The summed E-state index contributed by atoms with van der Waals surface area (Å²) in [4.78, 5) is 4.24. The minimum absolute atomic E-state index is 0.213. The number of benzene rings is 1. The number of ether oxygens (including phenoxy) is 1. The van der Waals surface area contributed by atoms with E-state index >= 15 is 0 Å². The van der Waals surface area contributed by atoms with E-state index in [1.165, 1.54) is 0 Å².